The molecule has 0 bridgehead atoms. The minimum atomic E-state index is -0.219. The summed E-state index contributed by atoms with van der Waals surface area (Å²) >= 11 is 0. The summed E-state index contributed by atoms with van der Waals surface area (Å²) < 4.78 is 0. The molecule has 0 radical (unpaired) electrons. The second-order valence-electron chi connectivity index (χ2n) is 3.85. The quantitative estimate of drug-likeness (QED) is 0.706. The lowest BCUT2D eigenvalue weighted by molar-refractivity contribution is 0.452. The van der Waals surface area contributed by atoms with Gasteiger partial charge in [-0.25, -0.2) is 0 Å². The maximum atomic E-state index is 8.81. The van der Waals surface area contributed by atoms with Gasteiger partial charge in [0.25, 0.3) is 0 Å². The van der Waals surface area contributed by atoms with E-state index in [9.17, 15) is 0 Å². The van der Waals surface area contributed by atoms with Crippen LogP contribution in [-0.4, -0.2) is 4.98 Å². The molecule has 2 heteroatoms. The highest BCUT2D eigenvalue weighted by Gasteiger charge is 2.15. The van der Waals surface area contributed by atoms with Crippen molar-refractivity contribution in [3.63, 3.8) is 0 Å². The standard InChI is InChI=1S/C11H14N2/c1-11(2,9-12)6-3-10-4-7-13-8-5-10/h4-5,7-8H,3,6H2,1-2H3. The van der Waals surface area contributed by atoms with E-state index in [-0.39, 0.29) is 5.41 Å². The number of aryl methyl sites for hydroxylation is 1. The third-order valence-electron chi connectivity index (χ3n) is 2.09. The average Bonchev–Trinajstić information content (AvgIpc) is 2.17. The highest BCUT2D eigenvalue weighted by Crippen LogP contribution is 2.20. The van der Waals surface area contributed by atoms with E-state index in [1.54, 1.807) is 12.4 Å². The Morgan fingerprint density at radius 2 is 2.00 bits per heavy atom. The van der Waals surface area contributed by atoms with E-state index in [4.69, 9.17) is 5.26 Å². The molecule has 1 aromatic heterocycles. The first-order valence-electron chi connectivity index (χ1n) is 4.44. The van der Waals surface area contributed by atoms with Gasteiger partial charge in [0.2, 0.25) is 0 Å². The van der Waals surface area contributed by atoms with E-state index in [1.165, 1.54) is 5.56 Å². The van der Waals surface area contributed by atoms with E-state index in [1.807, 2.05) is 26.0 Å². The molecule has 0 aromatic carbocycles. The van der Waals surface area contributed by atoms with Crippen molar-refractivity contribution >= 4 is 0 Å². The third-order valence-corrected chi connectivity index (χ3v) is 2.09. The lowest BCUT2D eigenvalue weighted by atomic mass is 9.88. The molecule has 13 heavy (non-hydrogen) atoms. The van der Waals surface area contributed by atoms with Gasteiger partial charge in [0.1, 0.15) is 0 Å². The summed E-state index contributed by atoms with van der Waals surface area (Å²) in [7, 11) is 0. The summed E-state index contributed by atoms with van der Waals surface area (Å²) in [6.07, 6.45) is 5.42. The molecule has 0 aliphatic carbocycles. The molecule has 1 aromatic rings. The van der Waals surface area contributed by atoms with Crippen LogP contribution < -0.4 is 0 Å². The van der Waals surface area contributed by atoms with E-state index >= 15 is 0 Å². The van der Waals surface area contributed by atoms with Crippen LogP contribution in [0.15, 0.2) is 24.5 Å². The molecular formula is C11H14N2. The molecule has 1 rings (SSSR count). The van der Waals surface area contributed by atoms with Gasteiger partial charge in [0, 0.05) is 12.4 Å². The first kappa shape index (κ1) is 9.73. The predicted octanol–water partition coefficient (Wildman–Crippen LogP) is 2.56. The number of nitrogens with zero attached hydrogens (tertiary/aromatic N) is 2. The third kappa shape index (κ3) is 3.25. The van der Waals surface area contributed by atoms with Crippen LogP contribution in [0.1, 0.15) is 25.8 Å². The van der Waals surface area contributed by atoms with Crippen LogP contribution >= 0.6 is 0 Å². The van der Waals surface area contributed by atoms with E-state index in [0.717, 1.165) is 12.8 Å². The Hall–Kier alpha value is -1.36. The molecular weight excluding hydrogens is 160 g/mol. The molecule has 0 amide bonds. The van der Waals surface area contributed by atoms with E-state index in [0.29, 0.717) is 0 Å². The Morgan fingerprint density at radius 3 is 2.54 bits per heavy atom. The molecule has 0 spiro atoms. The Bertz CT molecular complexity index is 296. The minimum absolute atomic E-state index is 0.219. The number of aromatic nitrogens is 1. The van der Waals surface area contributed by atoms with Crippen molar-refractivity contribution in [1.29, 1.82) is 5.26 Å². The van der Waals surface area contributed by atoms with Gasteiger partial charge in [-0.15, -0.1) is 0 Å². The fourth-order valence-corrected chi connectivity index (χ4v) is 1.06. The summed E-state index contributed by atoms with van der Waals surface area (Å²) in [6.45, 7) is 3.93. The van der Waals surface area contributed by atoms with Gasteiger partial charge in [-0.3, -0.25) is 4.98 Å². The van der Waals surface area contributed by atoms with Crippen molar-refractivity contribution in [1.82, 2.24) is 4.98 Å². The largest absolute Gasteiger partial charge is 0.265 e. The summed E-state index contributed by atoms with van der Waals surface area (Å²) in [6, 6.07) is 6.28. The molecule has 0 N–H and O–H groups in total. The molecule has 68 valence electrons. The SMILES string of the molecule is CC(C)(C#N)CCc1ccncc1. The van der Waals surface area contributed by atoms with Crippen LogP contribution in [0.4, 0.5) is 0 Å². The molecule has 0 aliphatic heterocycles. The Kier molecular flexibility index (Phi) is 3.02. The number of hydrogen-bond donors (Lipinski definition) is 0. The smallest absolute Gasteiger partial charge is 0.0684 e. The Morgan fingerprint density at radius 1 is 1.38 bits per heavy atom. The molecule has 0 atom stereocenters. The lowest BCUT2D eigenvalue weighted by Crippen LogP contribution is -2.08. The van der Waals surface area contributed by atoms with Crippen LogP contribution in [-0.2, 0) is 6.42 Å². The zero-order valence-corrected chi connectivity index (χ0v) is 8.12. The molecule has 2 nitrogen and oxygen atoms in total. The molecule has 0 saturated carbocycles. The van der Waals surface area contributed by atoms with Crippen molar-refractivity contribution in [2.45, 2.75) is 26.7 Å². The second kappa shape index (κ2) is 4.04. The maximum absolute atomic E-state index is 8.81. The van der Waals surface area contributed by atoms with Gasteiger partial charge in [-0.2, -0.15) is 5.26 Å². The fraction of sp³-hybridized carbons (Fsp3) is 0.455. The van der Waals surface area contributed by atoms with Crippen LogP contribution in [0, 0.1) is 16.7 Å². The summed E-state index contributed by atoms with van der Waals surface area (Å²) in [5, 5.41) is 8.81. The average molecular weight is 174 g/mol. The zero-order chi connectivity index (χ0) is 9.73. The number of nitriles is 1. The lowest BCUT2D eigenvalue weighted by Gasteiger charge is -2.14. The van der Waals surface area contributed by atoms with E-state index < -0.39 is 0 Å². The van der Waals surface area contributed by atoms with Crippen LogP contribution in [0.3, 0.4) is 0 Å². The van der Waals surface area contributed by atoms with Crippen molar-refractivity contribution in [3.05, 3.63) is 30.1 Å². The summed E-state index contributed by atoms with van der Waals surface area (Å²) in [4.78, 5) is 3.94. The van der Waals surface area contributed by atoms with Gasteiger partial charge in [-0.05, 0) is 44.4 Å². The number of rotatable bonds is 3. The minimum Gasteiger partial charge on any atom is -0.265 e. The molecule has 1 heterocycles. The molecule has 0 fully saturated rings. The van der Waals surface area contributed by atoms with Gasteiger partial charge in [0.05, 0.1) is 11.5 Å². The van der Waals surface area contributed by atoms with Crippen molar-refractivity contribution in [2.24, 2.45) is 5.41 Å². The van der Waals surface area contributed by atoms with Crippen molar-refractivity contribution in [2.75, 3.05) is 0 Å². The Balaban J connectivity index is 2.50. The van der Waals surface area contributed by atoms with Gasteiger partial charge < -0.3 is 0 Å². The molecule has 0 aliphatic rings. The molecule has 0 unspecified atom stereocenters. The zero-order valence-electron chi connectivity index (χ0n) is 8.12. The van der Waals surface area contributed by atoms with Crippen LogP contribution in [0.25, 0.3) is 0 Å². The highest BCUT2D eigenvalue weighted by atomic mass is 14.6. The first-order valence-corrected chi connectivity index (χ1v) is 4.44. The number of hydrogen-bond acceptors (Lipinski definition) is 2. The highest BCUT2D eigenvalue weighted by molar-refractivity contribution is 5.10. The normalized spacial score (nSPS) is 10.8. The van der Waals surface area contributed by atoms with Gasteiger partial charge in [-0.1, -0.05) is 0 Å². The van der Waals surface area contributed by atoms with Crippen LogP contribution in [0.2, 0.25) is 0 Å². The van der Waals surface area contributed by atoms with Gasteiger partial charge in [0.15, 0.2) is 0 Å². The molecule has 0 saturated heterocycles. The van der Waals surface area contributed by atoms with Gasteiger partial charge >= 0.3 is 0 Å². The second-order valence-corrected chi connectivity index (χ2v) is 3.85. The topological polar surface area (TPSA) is 36.7 Å². The fourth-order valence-electron chi connectivity index (χ4n) is 1.06. The van der Waals surface area contributed by atoms with E-state index in [2.05, 4.69) is 11.1 Å². The maximum Gasteiger partial charge on any atom is 0.0684 e. The number of pyridine rings is 1. The van der Waals surface area contributed by atoms with Crippen molar-refractivity contribution in [3.8, 4) is 6.07 Å². The Labute approximate surface area is 79.2 Å². The van der Waals surface area contributed by atoms with Crippen molar-refractivity contribution < 1.29 is 0 Å². The summed E-state index contributed by atoms with van der Waals surface area (Å²) in [5.41, 5.74) is 1.03. The van der Waals surface area contributed by atoms with Crippen LogP contribution in [0.5, 0.6) is 0 Å². The predicted molar refractivity (Wildman–Crippen MR) is 52.0 cm³/mol. The first-order chi connectivity index (χ1) is 6.14. The summed E-state index contributed by atoms with van der Waals surface area (Å²) in [5.74, 6) is 0. The monoisotopic (exact) mass is 174 g/mol.